The number of amides is 2. The molecule has 0 saturated carbocycles. The van der Waals surface area contributed by atoms with Crippen LogP contribution in [-0.2, 0) is 14.3 Å². The lowest BCUT2D eigenvalue weighted by Crippen LogP contribution is -2.47. The lowest BCUT2D eigenvalue weighted by molar-refractivity contribution is -0.137. The quantitative estimate of drug-likeness (QED) is 0.314. The third kappa shape index (κ3) is 10.0. The number of carbonyl (C=O) groups is 2. The van der Waals surface area contributed by atoms with Crippen molar-refractivity contribution >= 4 is 11.8 Å². The average molecular weight is 459 g/mol. The van der Waals surface area contributed by atoms with Crippen LogP contribution in [-0.4, -0.2) is 35.4 Å². The Balaban J connectivity index is 0.00000172. The molecule has 186 valence electrons. The van der Waals surface area contributed by atoms with Crippen molar-refractivity contribution in [2.75, 3.05) is 6.61 Å². The van der Waals surface area contributed by atoms with Crippen LogP contribution < -0.4 is 5.32 Å². The molecule has 0 aromatic heterocycles. The molecule has 0 bridgehead atoms. The Bertz CT molecular complexity index is 738. The Morgan fingerprint density at radius 3 is 2.39 bits per heavy atom. The molecule has 1 heterocycles. The van der Waals surface area contributed by atoms with Gasteiger partial charge in [0.05, 0.1) is 13.0 Å². The van der Waals surface area contributed by atoms with Crippen LogP contribution in [0.15, 0.2) is 47.4 Å². The van der Waals surface area contributed by atoms with E-state index in [0.29, 0.717) is 18.6 Å². The first-order valence-electron chi connectivity index (χ1n) is 12.7. The minimum atomic E-state index is -0.296. The van der Waals surface area contributed by atoms with Gasteiger partial charge >= 0.3 is 0 Å². The first-order valence-corrected chi connectivity index (χ1v) is 12.7. The molecule has 0 aromatic carbocycles. The normalized spacial score (nSPS) is 20.3. The number of rotatable bonds is 9. The molecule has 2 unspecified atom stereocenters. The summed E-state index contributed by atoms with van der Waals surface area (Å²) in [7, 11) is 0. The Morgan fingerprint density at radius 1 is 1.15 bits per heavy atom. The van der Waals surface area contributed by atoms with Gasteiger partial charge in [0.15, 0.2) is 0 Å². The summed E-state index contributed by atoms with van der Waals surface area (Å²) in [5, 5.41) is 2.97. The number of piperidine rings is 1. The van der Waals surface area contributed by atoms with Gasteiger partial charge in [-0.05, 0) is 58.1 Å². The molecule has 1 aliphatic carbocycles. The fourth-order valence-electron chi connectivity index (χ4n) is 4.06. The number of likely N-dealkylation sites (tertiary alicyclic amines) is 1. The maximum absolute atomic E-state index is 12.8. The van der Waals surface area contributed by atoms with Crippen LogP contribution in [0.5, 0.6) is 0 Å². The van der Waals surface area contributed by atoms with Crippen molar-refractivity contribution in [2.45, 2.75) is 111 Å². The zero-order valence-electron chi connectivity index (χ0n) is 21.8. The summed E-state index contributed by atoms with van der Waals surface area (Å²) in [6, 6.07) is 0.429. The topological polar surface area (TPSA) is 58.6 Å². The van der Waals surface area contributed by atoms with E-state index >= 15 is 0 Å². The SMILES string of the molecule is C=C(CC(=O)N1C(C)CCCC1C)C(=O)NC1=C(C)C=CC=C(OCCCCC)C1.CCC. The van der Waals surface area contributed by atoms with Gasteiger partial charge in [-0.25, -0.2) is 0 Å². The van der Waals surface area contributed by atoms with Gasteiger partial charge in [-0.3, -0.25) is 9.59 Å². The summed E-state index contributed by atoms with van der Waals surface area (Å²) >= 11 is 0. The highest BCUT2D eigenvalue weighted by Crippen LogP contribution is 2.24. The number of allylic oxidation sites excluding steroid dienone is 4. The smallest absolute Gasteiger partial charge is 0.251 e. The van der Waals surface area contributed by atoms with Gasteiger partial charge in [0, 0.05) is 29.8 Å². The molecule has 2 rings (SSSR count). The van der Waals surface area contributed by atoms with Gasteiger partial charge in [0.25, 0.3) is 5.91 Å². The molecule has 1 fully saturated rings. The van der Waals surface area contributed by atoms with Crippen molar-refractivity contribution in [2.24, 2.45) is 0 Å². The number of unbranched alkanes of at least 4 members (excludes halogenated alkanes) is 2. The third-order valence-electron chi connectivity index (χ3n) is 5.92. The van der Waals surface area contributed by atoms with E-state index in [2.05, 4.69) is 46.5 Å². The molecule has 0 aromatic rings. The summed E-state index contributed by atoms with van der Waals surface area (Å²) < 4.78 is 5.89. The van der Waals surface area contributed by atoms with E-state index in [9.17, 15) is 9.59 Å². The summed E-state index contributed by atoms with van der Waals surface area (Å²) in [5.41, 5.74) is 2.07. The molecule has 0 spiro atoms. The van der Waals surface area contributed by atoms with Crippen molar-refractivity contribution < 1.29 is 14.3 Å². The van der Waals surface area contributed by atoms with Crippen LogP contribution in [0.4, 0.5) is 0 Å². The van der Waals surface area contributed by atoms with Crippen molar-refractivity contribution in [3.63, 3.8) is 0 Å². The van der Waals surface area contributed by atoms with Crippen LogP contribution in [0, 0.1) is 0 Å². The molecule has 5 heteroatoms. The standard InChI is InChI=1S/C25H38N2O3.C3H8/c1-6-7-8-15-30-22-14-9-11-18(2)23(17-22)26-25(29)19(3)16-24(28)27-20(4)12-10-13-21(27)5;1-3-2/h9,11,14,20-21H,3,6-8,10,12-13,15-17H2,1-2,4-5H3,(H,26,29);3H2,1-2H3. The van der Waals surface area contributed by atoms with Gasteiger partial charge in [-0.15, -0.1) is 0 Å². The van der Waals surface area contributed by atoms with Gasteiger partial charge in [-0.1, -0.05) is 58.8 Å². The molecule has 33 heavy (non-hydrogen) atoms. The van der Waals surface area contributed by atoms with Crippen LogP contribution >= 0.6 is 0 Å². The maximum atomic E-state index is 12.8. The number of ether oxygens (including phenoxy) is 1. The molecule has 2 aliphatic rings. The number of hydrogen-bond acceptors (Lipinski definition) is 3. The number of nitrogens with one attached hydrogen (secondary N) is 1. The molecule has 5 nitrogen and oxygen atoms in total. The summed E-state index contributed by atoms with van der Waals surface area (Å²) in [5.74, 6) is 0.531. The molecule has 2 atom stereocenters. The molecular weight excluding hydrogens is 412 g/mol. The van der Waals surface area contributed by atoms with Gasteiger partial charge < -0.3 is 15.0 Å². The molecule has 0 radical (unpaired) electrons. The monoisotopic (exact) mass is 458 g/mol. The number of nitrogens with zero attached hydrogens (tertiary/aromatic N) is 1. The fraction of sp³-hybridized carbons (Fsp3) is 0.643. The van der Waals surface area contributed by atoms with Gasteiger partial charge in [-0.2, -0.15) is 0 Å². The second-order valence-electron chi connectivity index (χ2n) is 9.26. The zero-order valence-corrected chi connectivity index (χ0v) is 21.8. The van der Waals surface area contributed by atoms with E-state index < -0.39 is 0 Å². The molecule has 1 aliphatic heterocycles. The van der Waals surface area contributed by atoms with E-state index in [-0.39, 0.29) is 30.3 Å². The molecule has 1 saturated heterocycles. The van der Waals surface area contributed by atoms with Crippen molar-refractivity contribution in [1.29, 1.82) is 0 Å². The zero-order chi connectivity index (χ0) is 24.8. The maximum Gasteiger partial charge on any atom is 0.251 e. The summed E-state index contributed by atoms with van der Waals surface area (Å²) in [6.07, 6.45) is 14.2. The highest BCUT2D eigenvalue weighted by Gasteiger charge is 2.29. The van der Waals surface area contributed by atoms with Crippen molar-refractivity contribution in [1.82, 2.24) is 10.2 Å². The lowest BCUT2D eigenvalue weighted by atomic mass is 9.96. The molecular formula is C28H46N2O3. The lowest BCUT2D eigenvalue weighted by Gasteiger charge is -2.39. The second kappa shape index (κ2) is 15.5. The first kappa shape index (κ1) is 28.7. The predicted molar refractivity (Wildman–Crippen MR) is 138 cm³/mol. The summed E-state index contributed by atoms with van der Waals surface area (Å²) in [4.78, 5) is 27.5. The largest absolute Gasteiger partial charge is 0.498 e. The number of carbonyl (C=O) groups excluding carboxylic acids is 2. The minimum absolute atomic E-state index is 0.0128. The fourth-order valence-corrected chi connectivity index (χ4v) is 4.06. The minimum Gasteiger partial charge on any atom is -0.498 e. The number of hydrogen-bond donors (Lipinski definition) is 1. The Morgan fingerprint density at radius 2 is 1.79 bits per heavy atom. The first-order chi connectivity index (χ1) is 15.7. The van der Waals surface area contributed by atoms with Crippen LogP contribution in [0.1, 0.15) is 99.3 Å². The van der Waals surface area contributed by atoms with E-state index in [0.717, 1.165) is 55.6 Å². The van der Waals surface area contributed by atoms with Crippen molar-refractivity contribution in [3.8, 4) is 0 Å². The van der Waals surface area contributed by atoms with Crippen LogP contribution in [0.2, 0.25) is 0 Å². The van der Waals surface area contributed by atoms with Gasteiger partial charge in [0.1, 0.15) is 5.76 Å². The Kier molecular flexibility index (Phi) is 13.5. The van der Waals surface area contributed by atoms with Crippen molar-refractivity contribution in [3.05, 3.63) is 47.4 Å². The highest BCUT2D eigenvalue weighted by atomic mass is 16.5. The van der Waals surface area contributed by atoms with E-state index in [4.69, 9.17) is 4.74 Å². The third-order valence-corrected chi connectivity index (χ3v) is 5.92. The molecule has 1 N–H and O–H groups in total. The predicted octanol–water partition coefficient (Wildman–Crippen LogP) is 6.58. The average Bonchev–Trinajstić information content (AvgIpc) is 2.92. The molecule has 2 amide bonds. The Hall–Kier alpha value is -2.30. The Labute approximate surface area is 202 Å². The van der Waals surface area contributed by atoms with Gasteiger partial charge in [0.2, 0.25) is 5.91 Å². The van der Waals surface area contributed by atoms with E-state index in [1.54, 1.807) is 0 Å². The van der Waals surface area contributed by atoms with E-state index in [1.807, 2.05) is 30.1 Å². The van der Waals surface area contributed by atoms with Crippen LogP contribution in [0.3, 0.4) is 0 Å². The van der Waals surface area contributed by atoms with E-state index in [1.165, 1.54) is 6.42 Å². The second-order valence-corrected chi connectivity index (χ2v) is 9.26. The van der Waals surface area contributed by atoms with Crippen LogP contribution in [0.25, 0.3) is 0 Å². The highest BCUT2D eigenvalue weighted by molar-refractivity contribution is 5.99. The summed E-state index contributed by atoms with van der Waals surface area (Å²) in [6.45, 7) is 17.1.